The zero-order valence-electron chi connectivity index (χ0n) is 12.1. The highest BCUT2D eigenvalue weighted by Gasteiger charge is 2.15. The second-order valence-corrected chi connectivity index (χ2v) is 6.36. The fourth-order valence-electron chi connectivity index (χ4n) is 1.67. The quantitative estimate of drug-likeness (QED) is 0.835. The molecule has 0 atom stereocenters. The normalized spacial score (nSPS) is 11.4. The van der Waals surface area contributed by atoms with E-state index in [0.717, 1.165) is 12.3 Å². The third-order valence-electron chi connectivity index (χ3n) is 2.65. The lowest BCUT2D eigenvalue weighted by Gasteiger charge is -2.22. The molecular formula is C15H24N2OS. The van der Waals surface area contributed by atoms with Crippen LogP contribution in [0.4, 0.5) is 0 Å². The summed E-state index contributed by atoms with van der Waals surface area (Å²) in [7, 11) is 0. The summed E-state index contributed by atoms with van der Waals surface area (Å²) in [5.41, 5.74) is 6.86. The lowest BCUT2D eigenvalue weighted by atomic mass is 10.1. The molecule has 0 unspecified atom stereocenters. The van der Waals surface area contributed by atoms with Crippen molar-refractivity contribution in [1.29, 1.82) is 0 Å². The van der Waals surface area contributed by atoms with Crippen LogP contribution < -0.4 is 5.73 Å². The van der Waals surface area contributed by atoms with Crippen molar-refractivity contribution in [2.24, 2.45) is 5.73 Å². The average Bonchev–Trinajstić information content (AvgIpc) is 2.35. The fourth-order valence-corrected chi connectivity index (χ4v) is 2.66. The minimum absolute atomic E-state index is 0.181. The molecule has 106 valence electrons. The van der Waals surface area contributed by atoms with Crippen LogP contribution in [0.15, 0.2) is 30.3 Å². The molecule has 0 aliphatic rings. The number of nitrogens with zero attached hydrogens (tertiary/aromatic N) is 1. The summed E-state index contributed by atoms with van der Waals surface area (Å²) in [5.74, 6) is 1.48. The van der Waals surface area contributed by atoms with Gasteiger partial charge in [0.25, 0.3) is 0 Å². The van der Waals surface area contributed by atoms with Gasteiger partial charge in [0.05, 0.1) is 5.75 Å². The van der Waals surface area contributed by atoms with E-state index in [1.807, 2.05) is 56.0 Å². The van der Waals surface area contributed by atoms with Crippen molar-refractivity contribution in [3.8, 4) is 0 Å². The van der Waals surface area contributed by atoms with Crippen molar-refractivity contribution in [2.45, 2.75) is 32.9 Å². The Morgan fingerprint density at radius 1 is 1.32 bits per heavy atom. The zero-order chi connectivity index (χ0) is 14.3. The van der Waals surface area contributed by atoms with E-state index < -0.39 is 0 Å². The van der Waals surface area contributed by atoms with E-state index >= 15 is 0 Å². The van der Waals surface area contributed by atoms with Crippen molar-refractivity contribution < 1.29 is 4.79 Å². The number of hydrogen-bond acceptors (Lipinski definition) is 3. The number of amides is 1. The molecule has 4 heteroatoms. The van der Waals surface area contributed by atoms with Crippen LogP contribution in [0.5, 0.6) is 0 Å². The van der Waals surface area contributed by atoms with Gasteiger partial charge in [-0.15, -0.1) is 0 Å². The first-order chi connectivity index (χ1) is 8.92. The lowest BCUT2D eigenvalue weighted by molar-refractivity contribution is -0.128. The molecule has 0 spiro atoms. The molecule has 0 aliphatic carbocycles. The summed E-state index contributed by atoms with van der Waals surface area (Å²) in [6, 6.07) is 10.1. The molecule has 0 saturated carbocycles. The van der Waals surface area contributed by atoms with Crippen LogP contribution in [-0.2, 0) is 11.3 Å². The van der Waals surface area contributed by atoms with Gasteiger partial charge in [-0.05, 0) is 26.3 Å². The first-order valence-corrected chi connectivity index (χ1v) is 7.76. The van der Waals surface area contributed by atoms with E-state index in [-0.39, 0.29) is 11.4 Å². The van der Waals surface area contributed by atoms with Gasteiger partial charge in [0.2, 0.25) is 5.91 Å². The number of hydrogen-bond donors (Lipinski definition) is 1. The molecule has 0 radical (unpaired) electrons. The molecule has 0 aliphatic heterocycles. The van der Waals surface area contributed by atoms with E-state index in [0.29, 0.717) is 12.3 Å². The Kier molecular flexibility index (Phi) is 6.38. The largest absolute Gasteiger partial charge is 0.338 e. The van der Waals surface area contributed by atoms with Gasteiger partial charge in [-0.3, -0.25) is 4.79 Å². The highest BCUT2D eigenvalue weighted by molar-refractivity contribution is 8.00. The number of carbonyl (C=O) groups excluding carboxylic acids is 1. The highest BCUT2D eigenvalue weighted by atomic mass is 32.2. The van der Waals surface area contributed by atoms with Crippen molar-refractivity contribution >= 4 is 17.7 Å². The Hall–Kier alpha value is -1.00. The van der Waals surface area contributed by atoms with Gasteiger partial charge in [0, 0.05) is 24.4 Å². The highest BCUT2D eigenvalue weighted by Crippen LogP contribution is 2.12. The first kappa shape index (κ1) is 16.1. The smallest absolute Gasteiger partial charge is 0.232 e. The Morgan fingerprint density at radius 3 is 2.47 bits per heavy atom. The van der Waals surface area contributed by atoms with Gasteiger partial charge in [-0.1, -0.05) is 30.3 Å². The summed E-state index contributed by atoms with van der Waals surface area (Å²) in [5, 5.41) is 0. The predicted octanol–water partition coefficient (Wildman–Crippen LogP) is 2.51. The molecule has 19 heavy (non-hydrogen) atoms. The van der Waals surface area contributed by atoms with Crippen LogP contribution in [0, 0.1) is 0 Å². The monoisotopic (exact) mass is 280 g/mol. The van der Waals surface area contributed by atoms with E-state index in [9.17, 15) is 4.79 Å². The summed E-state index contributed by atoms with van der Waals surface area (Å²) in [6.07, 6.45) is 0. The molecule has 0 heterocycles. The first-order valence-electron chi connectivity index (χ1n) is 6.60. The molecule has 0 fully saturated rings. The maximum Gasteiger partial charge on any atom is 0.232 e. The fraction of sp³-hybridized carbons (Fsp3) is 0.533. The van der Waals surface area contributed by atoms with Crippen molar-refractivity contribution in [3.05, 3.63) is 35.9 Å². The predicted molar refractivity (Wildman–Crippen MR) is 83.1 cm³/mol. The van der Waals surface area contributed by atoms with Gasteiger partial charge in [0.15, 0.2) is 0 Å². The van der Waals surface area contributed by atoms with E-state index in [1.165, 1.54) is 5.56 Å². The topological polar surface area (TPSA) is 46.3 Å². The van der Waals surface area contributed by atoms with Crippen LogP contribution in [0.1, 0.15) is 26.3 Å². The minimum atomic E-state index is -0.221. The SMILES string of the molecule is CCN(Cc1ccccc1)C(=O)CSCC(C)(C)N. The van der Waals surface area contributed by atoms with Crippen LogP contribution >= 0.6 is 11.8 Å². The number of nitrogens with two attached hydrogens (primary N) is 1. The molecule has 0 aromatic heterocycles. The van der Waals surface area contributed by atoms with Crippen LogP contribution in [0.25, 0.3) is 0 Å². The minimum Gasteiger partial charge on any atom is -0.338 e. The van der Waals surface area contributed by atoms with Crippen LogP contribution in [-0.4, -0.2) is 34.4 Å². The third kappa shape index (κ3) is 6.64. The molecule has 0 saturated heterocycles. The van der Waals surface area contributed by atoms with Gasteiger partial charge in [-0.25, -0.2) is 0 Å². The maximum atomic E-state index is 12.1. The zero-order valence-corrected chi connectivity index (χ0v) is 12.9. The van der Waals surface area contributed by atoms with Crippen molar-refractivity contribution in [3.63, 3.8) is 0 Å². The second-order valence-electron chi connectivity index (χ2n) is 5.37. The van der Waals surface area contributed by atoms with E-state index in [4.69, 9.17) is 5.73 Å². The lowest BCUT2D eigenvalue weighted by Crippen LogP contribution is -2.36. The summed E-state index contributed by atoms with van der Waals surface area (Å²) in [6.45, 7) is 7.39. The molecular weight excluding hydrogens is 256 g/mol. The molecule has 1 rings (SSSR count). The Labute approximate surface area is 120 Å². The van der Waals surface area contributed by atoms with Gasteiger partial charge < -0.3 is 10.6 Å². The molecule has 1 amide bonds. The van der Waals surface area contributed by atoms with E-state index in [1.54, 1.807) is 11.8 Å². The molecule has 2 N–H and O–H groups in total. The van der Waals surface area contributed by atoms with E-state index in [2.05, 4.69) is 0 Å². The number of carbonyl (C=O) groups is 1. The average molecular weight is 280 g/mol. The van der Waals surface area contributed by atoms with Crippen LogP contribution in [0.3, 0.4) is 0 Å². The number of thioether (sulfide) groups is 1. The second kappa shape index (κ2) is 7.56. The van der Waals surface area contributed by atoms with Gasteiger partial charge in [0.1, 0.15) is 0 Å². The van der Waals surface area contributed by atoms with Crippen molar-refractivity contribution in [1.82, 2.24) is 4.90 Å². The summed E-state index contributed by atoms with van der Waals surface area (Å²) >= 11 is 1.61. The van der Waals surface area contributed by atoms with Crippen LogP contribution in [0.2, 0.25) is 0 Å². The molecule has 1 aromatic carbocycles. The third-order valence-corrected chi connectivity index (χ3v) is 4.05. The number of benzene rings is 1. The molecule has 0 bridgehead atoms. The Bertz CT molecular complexity index is 387. The summed E-state index contributed by atoms with van der Waals surface area (Å²) < 4.78 is 0. The Morgan fingerprint density at radius 2 is 1.95 bits per heavy atom. The molecule has 3 nitrogen and oxygen atoms in total. The molecule has 1 aromatic rings. The van der Waals surface area contributed by atoms with Gasteiger partial charge in [-0.2, -0.15) is 11.8 Å². The van der Waals surface area contributed by atoms with Gasteiger partial charge >= 0.3 is 0 Å². The maximum absolute atomic E-state index is 12.1. The number of rotatable bonds is 7. The summed E-state index contributed by atoms with van der Waals surface area (Å²) in [4.78, 5) is 14.0. The van der Waals surface area contributed by atoms with Crippen molar-refractivity contribution in [2.75, 3.05) is 18.1 Å². The Balaban J connectivity index is 2.44. The standard InChI is InChI=1S/C15H24N2OS/c1-4-17(10-13-8-6-5-7-9-13)14(18)11-19-12-15(2,3)16/h5-9H,4,10-12,16H2,1-3H3.